The minimum Gasteiger partial charge on any atom is -0.355 e. The number of halogens is 2. The van der Waals surface area contributed by atoms with Gasteiger partial charge in [0.2, 0.25) is 0 Å². The fourth-order valence-corrected chi connectivity index (χ4v) is 6.84. The Morgan fingerprint density at radius 2 is 1.43 bits per heavy atom. The number of benzene rings is 1. The third kappa shape index (κ3) is 4.30. The lowest BCUT2D eigenvalue weighted by Gasteiger charge is -2.15. The lowest BCUT2D eigenvalue weighted by Crippen LogP contribution is -2.15. The Kier molecular flexibility index (Phi) is 5.81. The quantitative estimate of drug-likeness (QED) is 0.224. The van der Waals surface area contributed by atoms with Crippen LogP contribution in [0.5, 0.6) is 0 Å². The minimum atomic E-state index is -0.0828. The second-order valence-corrected chi connectivity index (χ2v) is 12.4. The SMILES string of the molecule is Cc1cc(C)c(-c2c3nc(c(Br)c4nc(cc5ccc(cc6ccc2[nH]6)[nH]5)C(C)(C)C4)C(Br)=C3)c(C)c1. The van der Waals surface area contributed by atoms with Crippen LogP contribution in [0.15, 0.2) is 53.0 Å². The number of hydrogen-bond acceptors (Lipinski definition) is 2. The summed E-state index contributed by atoms with van der Waals surface area (Å²) in [6, 6.07) is 17.3. The predicted octanol–water partition coefficient (Wildman–Crippen LogP) is 9.08. The summed E-state index contributed by atoms with van der Waals surface area (Å²) < 4.78 is 1.88. The van der Waals surface area contributed by atoms with E-state index in [1.165, 1.54) is 22.3 Å². The highest BCUT2D eigenvalue weighted by atomic mass is 79.9. The molecule has 4 nitrogen and oxygen atoms in total. The van der Waals surface area contributed by atoms with Gasteiger partial charge in [-0.05, 0) is 112 Å². The number of nitrogens with one attached hydrogen (secondary N) is 2. The van der Waals surface area contributed by atoms with Gasteiger partial charge in [-0.25, -0.2) is 4.98 Å². The Bertz CT molecular complexity index is 1760. The zero-order valence-corrected chi connectivity index (χ0v) is 24.7. The largest absolute Gasteiger partial charge is 0.355 e. The van der Waals surface area contributed by atoms with Gasteiger partial charge in [0.05, 0.1) is 21.6 Å². The molecule has 0 saturated carbocycles. The van der Waals surface area contributed by atoms with E-state index in [-0.39, 0.29) is 5.41 Å². The first-order valence-corrected chi connectivity index (χ1v) is 14.0. The number of fused-ring (bicyclic) bond motifs is 8. The van der Waals surface area contributed by atoms with Crippen LogP contribution < -0.4 is 0 Å². The number of aryl methyl sites for hydroxylation is 3. The van der Waals surface area contributed by atoms with Gasteiger partial charge in [-0.15, -0.1) is 0 Å². The smallest absolute Gasteiger partial charge is 0.0940 e. The summed E-state index contributed by atoms with van der Waals surface area (Å²) >= 11 is 7.70. The van der Waals surface area contributed by atoms with E-state index >= 15 is 0 Å². The van der Waals surface area contributed by atoms with E-state index in [2.05, 4.69) is 131 Å². The first-order chi connectivity index (χ1) is 17.6. The monoisotopic (exact) mass is 614 g/mol. The Morgan fingerprint density at radius 3 is 2.16 bits per heavy atom. The molecule has 0 amide bonds. The van der Waals surface area contributed by atoms with Crippen LogP contribution >= 0.6 is 31.9 Å². The Morgan fingerprint density at radius 1 is 0.784 bits per heavy atom. The average molecular weight is 616 g/mol. The number of aromatic amines is 2. The van der Waals surface area contributed by atoms with Crippen molar-refractivity contribution < 1.29 is 0 Å². The summed E-state index contributed by atoms with van der Waals surface area (Å²) in [5, 5.41) is 0. The van der Waals surface area contributed by atoms with Crippen molar-refractivity contribution in [3.8, 4) is 11.1 Å². The second-order valence-electron chi connectivity index (χ2n) is 10.8. The van der Waals surface area contributed by atoms with Gasteiger partial charge in [-0.1, -0.05) is 31.5 Å². The number of rotatable bonds is 1. The van der Waals surface area contributed by atoms with Gasteiger partial charge in [0, 0.05) is 49.6 Å². The summed E-state index contributed by atoms with van der Waals surface area (Å²) in [5.74, 6) is 0. The molecule has 0 spiro atoms. The topological polar surface area (TPSA) is 57.4 Å². The second kappa shape index (κ2) is 8.81. The molecule has 8 bridgehead atoms. The van der Waals surface area contributed by atoms with Crippen molar-refractivity contribution in [2.24, 2.45) is 0 Å². The predicted molar refractivity (Wildman–Crippen MR) is 162 cm³/mol. The molecule has 6 rings (SSSR count). The highest BCUT2D eigenvalue weighted by Gasteiger charge is 2.31. The van der Waals surface area contributed by atoms with Crippen molar-refractivity contribution in [1.29, 1.82) is 0 Å². The van der Waals surface area contributed by atoms with Crippen molar-refractivity contribution >= 4 is 64.5 Å². The molecule has 2 aliphatic rings. The Balaban J connectivity index is 1.79. The summed E-state index contributed by atoms with van der Waals surface area (Å²) in [7, 11) is 0. The van der Waals surface area contributed by atoms with E-state index in [0.29, 0.717) is 0 Å². The molecule has 37 heavy (non-hydrogen) atoms. The molecular formula is C31H28Br2N4. The van der Waals surface area contributed by atoms with Crippen molar-refractivity contribution in [3.05, 3.63) is 92.5 Å². The first kappa shape index (κ1) is 24.4. The molecule has 2 aliphatic heterocycles. The van der Waals surface area contributed by atoms with Crippen LogP contribution in [0.2, 0.25) is 0 Å². The summed E-state index contributed by atoms with van der Waals surface area (Å²) in [4.78, 5) is 17.5. The van der Waals surface area contributed by atoms with Crippen LogP contribution in [0, 0.1) is 20.8 Å². The van der Waals surface area contributed by atoms with Crippen LogP contribution in [-0.4, -0.2) is 19.9 Å². The van der Waals surface area contributed by atoms with Crippen molar-refractivity contribution in [2.75, 3.05) is 0 Å². The first-order valence-electron chi connectivity index (χ1n) is 12.4. The van der Waals surface area contributed by atoms with Crippen LogP contribution in [0.3, 0.4) is 0 Å². The van der Waals surface area contributed by atoms with Crippen molar-refractivity contribution in [3.63, 3.8) is 0 Å². The van der Waals surface area contributed by atoms with Crippen LogP contribution in [0.25, 0.3) is 43.8 Å². The fourth-order valence-electron chi connectivity index (χ4n) is 5.54. The van der Waals surface area contributed by atoms with Crippen LogP contribution in [0.4, 0.5) is 0 Å². The zero-order valence-electron chi connectivity index (χ0n) is 21.6. The number of nitrogens with zero attached hydrogens (tertiary/aromatic N) is 2. The zero-order chi connectivity index (χ0) is 26.1. The molecule has 0 radical (unpaired) electrons. The molecule has 6 heteroatoms. The third-order valence-electron chi connectivity index (χ3n) is 7.24. The van der Waals surface area contributed by atoms with Gasteiger partial charge in [0.15, 0.2) is 0 Å². The summed E-state index contributed by atoms with van der Waals surface area (Å²) in [6.07, 6.45) is 2.96. The molecule has 3 aromatic heterocycles. The molecular weight excluding hydrogens is 588 g/mol. The molecule has 186 valence electrons. The third-order valence-corrected chi connectivity index (χ3v) is 8.67. The van der Waals surface area contributed by atoms with E-state index in [0.717, 1.165) is 65.8 Å². The maximum Gasteiger partial charge on any atom is 0.0940 e. The number of aromatic nitrogens is 4. The average Bonchev–Trinajstić information content (AvgIpc) is 3.59. The van der Waals surface area contributed by atoms with Gasteiger partial charge in [0.25, 0.3) is 0 Å². The summed E-state index contributed by atoms with van der Waals surface area (Å²) in [6.45, 7) is 11.0. The van der Waals surface area contributed by atoms with E-state index in [9.17, 15) is 0 Å². The number of H-pyrrole nitrogens is 2. The lowest BCUT2D eigenvalue weighted by atomic mass is 9.87. The van der Waals surface area contributed by atoms with Gasteiger partial charge < -0.3 is 9.97 Å². The molecule has 0 saturated heterocycles. The Hall–Kier alpha value is -2.96. The molecule has 2 N–H and O–H groups in total. The maximum absolute atomic E-state index is 5.19. The number of hydrogen-bond donors (Lipinski definition) is 2. The van der Waals surface area contributed by atoms with Crippen LogP contribution in [-0.2, 0) is 11.8 Å². The van der Waals surface area contributed by atoms with Gasteiger partial charge in [0.1, 0.15) is 0 Å². The molecule has 0 aliphatic carbocycles. The molecule has 4 aromatic rings. The summed E-state index contributed by atoms with van der Waals surface area (Å²) in [5.41, 5.74) is 14.0. The maximum atomic E-state index is 5.19. The Labute approximate surface area is 233 Å². The van der Waals surface area contributed by atoms with E-state index in [1.54, 1.807) is 0 Å². The van der Waals surface area contributed by atoms with E-state index in [4.69, 9.17) is 9.97 Å². The van der Waals surface area contributed by atoms with Crippen molar-refractivity contribution in [1.82, 2.24) is 19.9 Å². The molecule has 0 fully saturated rings. The molecule has 5 heterocycles. The highest BCUT2D eigenvalue weighted by molar-refractivity contribution is 9.15. The van der Waals surface area contributed by atoms with Crippen molar-refractivity contribution in [2.45, 2.75) is 46.5 Å². The normalized spacial score (nSPS) is 14.6. The minimum absolute atomic E-state index is 0.0828. The highest BCUT2D eigenvalue weighted by Crippen LogP contribution is 2.41. The van der Waals surface area contributed by atoms with Crippen LogP contribution in [0.1, 0.15) is 53.3 Å². The van der Waals surface area contributed by atoms with Gasteiger partial charge in [-0.3, -0.25) is 4.98 Å². The van der Waals surface area contributed by atoms with E-state index < -0.39 is 0 Å². The van der Waals surface area contributed by atoms with E-state index in [1.807, 2.05) is 0 Å². The molecule has 0 unspecified atom stereocenters. The standard InChI is InChI=1S/C31H28Br2N4/c1-16-10-17(2)27(18(3)11-16)28-23-9-8-20(35-23)12-19-6-7-21(34-19)13-26-31(4,5)15-25(36-26)29(33)30-22(32)14-24(28)37-30/h6-14,34-35H,15H2,1-5H3. The molecule has 0 atom stereocenters. The fraction of sp³-hybridized carbons (Fsp3) is 0.226. The van der Waals surface area contributed by atoms with Gasteiger partial charge in [-0.2, -0.15) is 0 Å². The van der Waals surface area contributed by atoms with Gasteiger partial charge >= 0.3 is 0 Å². The lowest BCUT2D eigenvalue weighted by molar-refractivity contribution is 0.543. The molecule has 1 aromatic carbocycles.